The van der Waals surface area contributed by atoms with Crippen molar-refractivity contribution in [3.05, 3.63) is 0 Å². The summed E-state index contributed by atoms with van der Waals surface area (Å²) in [5.41, 5.74) is 0. The Morgan fingerprint density at radius 1 is 0.475 bits per heavy atom. The minimum absolute atomic E-state index is 0. The van der Waals surface area contributed by atoms with Crippen LogP contribution >= 0.6 is 37.0 Å². The molecule has 0 aliphatic carbocycles. The van der Waals surface area contributed by atoms with Gasteiger partial charge < -0.3 is 52.9 Å². The fourth-order valence-corrected chi connectivity index (χ4v) is 6.63. The van der Waals surface area contributed by atoms with Crippen LogP contribution < -0.4 is 223 Å². The summed E-state index contributed by atoms with van der Waals surface area (Å²) in [5, 5.41) is 40.1. The molecule has 2 fully saturated rings. The summed E-state index contributed by atoms with van der Waals surface area (Å²) in [4.78, 5) is 0. The number of hydrogen-bond donors (Lipinski definition) is 0. The molecule has 32 nitrogen and oxygen atoms in total. The van der Waals surface area contributed by atoms with Crippen LogP contribution in [0, 0.1) is 0 Å². The third-order valence-corrected chi connectivity index (χ3v) is 8.54. The molecular formula is C13H17Na7O32S7. The predicted molar refractivity (Wildman–Crippen MR) is 134 cm³/mol. The van der Waals surface area contributed by atoms with Crippen molar-refractivity contribution in [2.45, 2.75) is 61.4 Å². The van der Waals surface area contributed by atoms with Crippen molar-refractivity contribution in [3.63, 3.8) is 0 Å². The van der Waals surface area contributed by atoms with Gasteiger partial charge in [0, 0.05) is 7.11 Å². The van der Waals surface area contributed by atoms with Crippen LogP contribution in [0.1, 0.15) is 0 Å². The fourth-order valence-electron chi connectivity index (χ4n) is 3.98. The molecule has 2 saturated heterocycles. The zero-order valence-corrected chi connectivity index (χ0v) is 50.8. The van der Waals surface area contributed by atoms with Crippen LogP contribution in [0.3, 0.4) is 0 Å². The van der Waals surface area contributed by atoms with E-state index in [4.69, 9.17) is 31.5 Å². The van der Waals surface area contributed by atoms with Crippen molar-refractivity contribution < 1.29 is 351 Å². The van der Waals surface area contributed by atoms with Crippen LogP contribution in [0.5, 0.6) is 0 Å². The Morgan fingerprint density at radius 2 is 0.797 bits per heavy atom. The van der Waals surface area contributed by atoms with Crippen LogP contribution in [0.4, 0.5) is 0 Å². The van der Waals surface area contributed by atoms with E-state index < -0.39 is 153 Å². The molecule has 4 unspecified atom stereocenters. The number of rotatable bonds is 25. The molecule has 310 valence electrons. The van der Waals surface area contributed by atoms with E-state index >= 15 is 0 Å². The summed E-state index contributed by atoms with van der Waals surface area (Å²) < 4.78 is 202. The zero-order chi connectivity index (χ0) is 39.3. The number of ether oxygens (including phenoxy) is 4. The van der Waals surface area contributed by atoms with Gasteiger partial charge in [-0.2, -0.15) is 0 Å². The van der Waals surface area contributed by atoms with Gasteiger partial charge in [0.05, 0.1) is 13.2 Å². The van der Waals surface area contributed by atoms with Gasteiger partial charge in [0.2, 0.25) is 41.6 Å². The molecule has 10 atom stereocenters. The second-order valence-electron chi connectivity index (χ2n) is 8.54. The van der Waals surface area contributed by atoms with Crippen LogP contribution in [-0.2, 0) is 118 Å². The summed E-state index contributed by atoms with van der Waals surface area (Å²) in [5.74, 6) is 0. The Bertz CT molecular complexity index is 1520. The van der Waals surface area contributed by atoms with Crippen LogP contribution in [0.2, 0.25) is 0 Å². The first-order valence-corrected chi connectivity index (χ1v) is 19.3. The molecular weight excluding hydrogens is 1050 g/mol. The molecule has 46 heteroatoms. The molecule has 0 aromatic carbocycles. The Morgan fingerprint density at radius 3 is 1.14 bits per heavy atom. The Balaban J connectivity index is -0.00000100. The summed E-state index contributed by atoms with van der Waals surface area (Å²) in [6, 6.07) is 0. The van der Waals surface area contributed by atoms with Crippen LogP contribution in [0.15, 0.2) is 0 Å². The summed E-state index contributed by atoms with van der Waals surface area (Å²) in [6.07, 6.45) is -23.8. The van der Waals surface area contributed by atoms with Crippen molar-refractivity contribution in [2.75, 3.05) is 20.3 Å². The minimum Gasteiger partial charge on any atom is -0.726 e. The molecule has 0 saturated carbocycles. The van der Waals surface area contributed by atoms with Gasteiger partial charge in [-0.05, 0) is 0 Å². The maximum atomic E-state index is 11.8. The number of methoxy groups -OCH3 is 1. The monoisotopic (exact) mass is 1070 g/mol. The Hall–Kier alpha value is 6.89. The third kappa shape index (κ3) is 31.8. The molecule has 2 heterocycles. The van der Waals surface area contributed by atoms with Crippen molar-refractivity contribution in [1.29, 1.82) is 0 Å². The van der Waals surface area contributed by atoms with E-state index in [9.17, 15) is 67.7 Å². The molecule has 59 heavy (non-hydrogen) atoms. The molecule has 0 spiro atoms. The summed E-state index contributed by atoms with van der Waals surface area (Å²) in [6.45, 7) is -2.97. The largest absolute Gasteiger partial charge is 1.00 e. The van der Waals surface area contributed by atoms with Crippen LogP contribution in [0.25, 0.3) is 0 Å². The molecule has 0 N–H and O–H groups in total. The van der Waals surface area contributed by atoms with Gasteiger partial charge in [-0.1, -0.05) is 0 Å². The van der Waals surface area contributed by atoms with Gasteiger partial charge in [0.15, 0.2) is 61.8 Å². The molecule has 2 aliphatic rings. The first kappa shape index (κ1) is 77.4. The van der Waals surface area contributed by atoms with Crippen LogP contribution in [-0.4, -0.2) is 134 Å². The van der Waals surface area contributed by atoms with Crippen molar-refractivity contribution >= 4 is 78.6 Å². The van der Waals surface area contributed by atoms with Gasteiger partial charge >= 0.3 is 207 Å². The maximum absolute atomic E-state index is 11.8. The van der Waals surface area contributed by atoms with E-state index in [2.05, 4.69) is 44.8 Å². The van der Waals surface area contributed by atoms with E-state index in [1.807, 2.05) is 0 Å². The summed E-state index contributed by atoms with van der Waals surface area (Å²) >= 11 is -1.41. The Labute approximate surface area is 502 Å². The average molecular weight is 1070 g/mol. The smallest absolute Gasteiger partial charge is 0.726 e. The number of hydrogen-bond acceptors (Lipinski definition) is 35. The molecule has 2 aliphatic heterocycles. The fraction of sp³-hybridized carbons (Fsp3) is 1.00. The third-order valence-electron chi connectivity index (χ3n) is 5.54. The standard InChI is InChI=1S/C13H24O32S7.7Na/c1-29-12-10(38-51(23,24)25)8(36-47-44-41-15)6(4(32-12)2-30-49(17,18)19)34-13-11(39-52(26,27)28)9(37-48-45-42-16)7(35-46-43-40-14)5(33-13)3-31-50(20,21)22;;;;;;;/h4-16H,2-3H2,1H3,(H,17,18,19)(H,20,21,22)(H,23,24,25)(H,26,27,28);;;;;;;/q;7*+1/p-7/t4?,5?,6-,7-,8-,9-,10?,11?,12+,13-;;;;;;;/m0......./s1. The molecule has 0 amide bonds. The molecule has 0 aromatic heterocycles. The van der Waals surface area contributed by atoms with E-state index in [1.165, 1.54) is 0 Å². The first-order chi connectivity index (χ1) is 24.1. The van der Waals surface area contributed by atoms with Gasteiger partial charge in [-0.25, -0.2) is 33.7 Å². The average Bonchev–Trinajstić information content (AvgIpc) is 3.01. The first-order valence-electron chi connectivity index (χ1n) is 12.0. The summed E-state index contributed by atoms with van der Waals surface area (Å²) in [7, 11) is -22.3. The Kier molecular flexibility index (Phi) is 50.5. The quantitative estimate of drug-likeness (QED) is 0.0156. The normalized spacial score (nSPS) is 27.1. The molecule has 0 radical (unpaired) electrons. The molecule has 0 bridgehead atoms. The second-order valence-corrected chi connectivity index (χ2v) is 14.1. The van der Waals surface area contributed by atoms with Gasteiger partial charge in [-0.15, -0.1) is 13.0 Å². The molecule has 2 rings (SSSR count). The van der Waals surface area contributed by atoms with Crippen molar-refractivity contribution in [2.24, 2.45) is 0 Å². The van der Waals surface area contributed by atoms with E-state index in [-0.39, 0.29) is 207 Å². The van der Waals surface area contributed by atoms with Gasteiger partial charge in [0.25, 0.3) is 0 Å². The second kappa shape index (κ2) is 38.6. The van der Waals surface area contributed by atoms with E-state index in [0.29, 0.717) is 0 Å². The van der Waals surface area contributed by atoms with Gasteiger partial charge in [-0.3, -0.25) is 44.4 Å². The van der Waals surface area contributed by atoms with Gasteiger partial charge in [0.1, 0.15) is 36.6 Å². The topological polar surface area (TPSA) is 455 Å². The maximum Gasteiger partial charge on any atom is 1.00 e. The zero-order valence-electron chi connectivity index (χ0n) is 31.1. The van der Waals surface area contributed by atoms with E-state index in [1.54, 1.807) is 0 Å². The minimum atomic E-state index is -6.01. The predicted octanol–water partition coefficient (Wildman–Crippen LogP) is -28.3. The SMILES string of the molecule is CO[C@@H]1OC(COS(=O)(=O)[O-])[C@H](O[C@@H]2OC(COS(=O)(=O)[O-])[C@H](OSOO[O-])[C@H](OSOO[O-])C2OS(=O)(=O)[O-])[C@H](OSOO[O-])C1OS(=O)(=O)[O-].[Na+].[Na+].[Na+].[Na+].[Na+].[Na+].[Na+]. The van der Waals surface area contributed by atoms with Crippen molar-refractivity contribution in [3.8, 4) is 0 Å². The van der Waals surface area contributed by atoms with Crippen molar-refractivity contribution in [1.82, 2.24) is 0 Å². The molecule has 0 aromatic rings. The van der Waals surface area contributed by atoms with E-state index in [0.717, 1.165) is 7.11 Å².